The van der Waals surface area contributed by atoms with Crippen LogP contribution in [-0.4, -0.2) is 43.2 Å². The van der Waals surface area contributed by atoms with Gasteiger partial charge in [0, 0.05) is 26.8 Å². The van der Waals surface area contributed by atoms with Crippen molar-refractivity contribution in [2.45, 2.75) is 0 Å². The van der Waals surface area contributed by atoms with Gasteiger partial charge < -0.3 is 20.3 Å². The molecule has 0 spiro atoms. The second-order valence-corrected chi connectivity index (χ2v) is 4.28. The first-order chi connectivity index (χ1) is 9.62. The van der Waals surface area contributed by atoms with Crippen LogP contribution in [0, 0.1) is 0 Å². The van der Waals surface area contributed by atoms with E-state index < -0.39 is 0 Å². The van der Waals surface area contributed by atoms with E-state index in [-0.39, 0.29) is 0 Å². The molecule has 0 saturated heterocycles. The van der Waals surface area contributed by atoms with Crippen molar-refractivity contribution in [1.82, 2.24) is 15.0 Å². The van der Waals surface area contributed by atoms with Gasteiger partial charge >= 0.3 is 0 Å². The van der Waals surface area contributed by atoms with Gasteiger partial charge in [-0.1, -0.05) is 0 Å². The Morgan fingerprint density at radius 2 is 1.65 bits per heavy atom. The zero-order chi connectivity index (χ0) is 14.5. The molecule has 106 valence electrons. The Balaban J connectivity index is 2.24. The molecule has 0 radical (unpaired) electrons. The number of aromatic nitrogens is 3. The molecule has 0 unspecified atom stereocenters. The van der Waals surface area contributed by atoms with E-state index in [1.165, 1.54) is 0 Å². The molecule has 0 aliphatic carbocycles. The van der Waals surface area contributed by atoms with Gasteiger partial charge in [0.15, 0.2) is 0 Å². The monoisotopic (exact) mass is 274 g/mol. The highest BCUT2D eigenvalue weighted by molar-refractivity contribution is 5.56. The molecule has 0 atom stereocenters. The standard InChI is InChI=1S/C13H18N6O/c1-14-11-16-12(18-13(17-11)19(2)3)15-9-5-7-10(20-4)8-6-9/h5-8H,1-4H3,(H2,14,15,16,17,18). The highest BCUT2D eigenvalue weighted by atomic mass is 16.5. The van der Waals surface area contributed by atoms with Crippen molar-refractivity contribution in [3.05, 3.63) is 24.3 Å². The maximum Gasteiger partial charge on any atom is 0.233 e. The summed E-state index contributed by atoms with van der Waals surface area (Å²) in [5.74, 6) is 2.38. The van der Waals surface area contributed by atoms with Gasteiger partial charge in [-0.05, 0) is 24.3 Å². The number of nitrogens with zero attached hydrogens (tertiary/aromatic N) is 4. The lowest BCUT2D eigenvalue weighted by Gasteiger charge is -2.13. The fourth-order valence-corrected chi connectivity index (χ4v) is 1.54. The van der Waals surface area contributed by atoms with Crippen LogP contribution in [0.1, 0.15) is 0 Å². The summed E-state index contributed by atoms with van der Waals surface area (Å²) in [5, 5.41) is 6.06. The van der Waals surface area contributed by atoms with E-state index in [9.17, 15) is 0 Å². The maximum absolute atomic E-state index is 5.12. The fraction of sp³-hybridized carbons (Fsp3) is 0.308. The van der Waals surface area contributed by atoms with Crippen LogP contribution < -0.4 is 20.3 Å². The molecule has 0 fully saturated rings. The van der Waals surface area contributed by atoms with E-state index in [1.54, 1.807) is 14.2 Å². The summed E-state index contributed by atoms with van der Waals surface area (Å²) in [6.45, 7) is 0. The third kappa shape index (κ3) is 3.25. The molecule has 20 heavy (non-hydrogen) atoms. The lowest BCUT2D eigenvalue weighted by molar-refractivity contribution is 0.415. The van der Waals surface area contributed by atoms with Crippen LogP contribution in [0.15, 0.2) is 24.3 Å². The van der Waals surface area contributed by atoms with Crippen molar-refractivity contribution in [2.24, 2.45) is 0 Å². The first-order valence-corrected chi connectivity index (χ1v) is 6.14. The van der Waals surface area contributed by atoms with E-state index in [2.05, 4.69) is 25.6 Å². The molecule has 0 saturated carbocycles. The summed E-state index contributed by atoms with van der Waals surface area (Å²) in [4.78, 5) is 14.7. The van der Waals surface area contributed by atoms with Gasteiger partial charge in [-0.25, -0.2) is 0 Å². The van der Waals surface area contributed by atoms with Crippen LogP contribution >= 0.6 is 0 Å². The molecule has 2 N–H and O–H groups in total. The minimum atomic E-state index is 0.484. The molecule has 7 nitrogen and oxygen atoms in total. The number of nitrogens with one attached hydrogen (secondary N) is 2. The number of hydrogen-bond acceptors (Lipinski definition) is 7. The molecule has 2 rings (SSSR count). The van der Waals surface area contributed by atoms with E-state index in [4.69, 9.17) is 4.74 Å². The van der Waals surface area contributed by atoms with Crippen molar-refractivity contribution in [3.63, 3.8) is 0 Å². The Labute approximate surface area is 118 Å². The van der Waals surface area contributed by atoms with Crippen LogP contribution in [0.3, 0.4) is 0 Å². The largest absolute Gasteiger partial charge is 0.497 e. The van der Waals surface area contributed by atoms with Crippen molar-refractivity contribution in [2.75, 3.05) is 43.8 Å². The van der Waals surface area contributed by atoms with E-state index >= 15 is 0 Å². The van der Waals surface area contributed by atoms with Crippen LogP contribution in [-0.2, 0) is 0 Å². The van der Waals surface area contributed by atoms with Crippen molar-refractivity contribution < 1.29 is 4.74 Å². The summed E-state index contributed by atoms with van der Waals surface area (Å²) in [6, 6.07) is 7.54. The predicted molar refractivity (Wildman–Crippen MR) is 80.0 cm³/mol. The molecule has 0 amide bonds. The van der Waals surface area contributed by atoms with Gasteiger partial charge in [0.25, 0.3) is 0 Å². The van der Waals surface area contributed by atoms with E-state index in [0.29, 0.717) is 17.8 Å². The fourth-order valence-electron chi connectivity index (χ4n) is 1.54. The molecule has 1 heterocycles. The quantitative estimate of drug-likeness (QED) is 0.860. The number of rotatable bonds is 5. The average Bonchev–Trinajstić information content (AvgIpc) is 2.47. The highest BCUT2D eigenvalue weighted by Gasteiger charge is 2.07. The molecule has 1 aromatic carbocycles. The van der Waals surface area contributed by atoms with Gasteiger partial charge in [-0.15, -0.1) is 0 Å². The lowest BCUT2D eigenvalue weighted by atomic mass is 10.3. The second kappa shape index (κ2) is 6.05. The molecule has 7 heteroatoms. The van der Waals surface area contributed by atoms with Crippen LogP contribution in [0.4, 0.5) is 23.5 Å². The van der Waals surface area contributed by atoms with Gasteiger partial charge in [-0.2, -0.15) is 15.0 Å². The Kier molecular flexibility index (Phi) is 4.19. The van der Waals surface area contributed by atoms with Crippen molar-refractivity contribution in [3.8, 4) is 5.75 Å². The average molecular weight is 274 g/mol. The van der Waals surface area contributed by atoms with Gasteiger partial charge in [-0.3, -0.25) is 0 Å². The third-order valence-electron chi connectivity index (χ3n) is 2.59. The Morgan fingerprint density at radius 3 is 2.20 bits per heavy atom. The highest BCUT2D eigenvalue weighted by Crippen LogP contribution is 2.19. The minimum Gasteiger partial charge on any atom is -0.497 e. The summed E-state index contributed by atoms with van der Waals surface area (Å²) in [6.07, 6.45) is 0. The minimum absolute atomic E-state index is 0.484. The topological polar surface area (TPSA) is 75.2 Å². The maximum atomic E-state index is 5.12. The molecule has 2 aromatic rings. The smallest absolute Gasteiger partial charge is 0.233 e. The number of methoxy groups -OCH3 is 1. The van der Waals surface area contributed by atoms with Crippen LogP contribution in [0.2, 0.25) is 0 Å². The van der Waals surface area contributed by atoms with Gasteiger partial charge in [0.05, 0.1) is 7.11 Å². The van der Waals surface area contributed by atoms with Crippen molar-refractivity contribution >= 4 is 23.5 Å². The zero-order valence-electron chi connectivity index (χ0n) is 12.0. The molecule has 0 aliphatic rings. The Bertz CT molecular complexity index is 570. The number of benzene rings is 1. The summed E-state index contributed by atoms with van der Waals surface area (Å²) in [5.41, 5.74) is 0.878. The molecule has 0 bridgehead atoms. The van der Waals surface area contributed by atoms with Crippen molar-refractivity contribution in [1.29, 1.82) is 0 Å². The second-order valence-electron chi connectivity index (χ2n) is 4.28. The number of ether oxygens (including phenoxy) is 1. The van der Waals surface area contributed by atoms with Crippen LogP contribution in [0.5, 0.6) is 5.75 Å². The summed E-state index contributed by atoms with van der Waals surface area (Å²) in [7, 11) is 7.17. The Morgan fingerprint density at radius 1 is 1.00 bits per heavy atom. The lowest BCUT2D eigenvalue weighted by Crippen LogP contribution is -2.15. The number of anilines is 4. The van der Waals surface area contributed by atoms with Crippen LogP contribution in [0.25, 0.3) is 0 Å². The molecular weight excluding hydrogens is 256 g/mol. The first kappa shape index (κ1) is 13.9. The summed E-state index contributed by atoms with van der Waals surface area (Å²) >= 11 is 0. The molecular formula is C13H18N6O. The SMILES string of the molecule is CNc1nc(Nc2ccc(OC)cc2)nc(N(C)C)n1. The van der Waals surface area contributed by atoms with Gasteiger partial charge in [0.1, 0.15) is 5.75 Å². The van der Waals surface area contributed by atoms with Gasteiger partial charge in [0.2, 0.25) is 17.8 Å². The molecule has 0 aliphatic heterocycles. The van der Waals surface area contributed by atoms with E-state index in [1.807, 2.05) is 43.3 Å². The predicted octanol–water partition coefficient (Wildman–Crippen LogP) is 1.73. The molecule has 1 aromatic heterocycles. The summed E-state index contributed by atoms with van der Waals surface area (Å²) < 4.78 is 5.12. The number of hydrogen-bond donors (Lipinski definition) is 2. The van der Waals surface area contributed by atoms with E-state index in [0.717, 1.165) is 11.4 Å². The zero-order valence-corrected chi connectivity index (χ0v) is 12.0. The third-order valence-corrected chi connectivity index (χ3v) is 2.59. The Hall–Kier alpha value is -2.57. The normalized spacial score (nSPS) is 10.0. The first-order valence-electron chi connectivity index (χ1n) is 6.14.